The summed E-state index contributed by atoms with van der Waals surface area (Å²) in [6.45, 7) is 6.95. The van der Waals surface area contributed by atoms with Crippen LogP contribution in [0, 0.1) is 5.92 Å². The Morgan fingerprint density at radius 1 is 1.33 bits per heavy atom. The van der Waals surface area contributed by atoms with E-state index in [2.05, 4.69) is 24.5 Å². The van der Waals surface area contributed by atoms with Gasteiger partial charge in [-0.2, -0.15) is 0 Å². The van der Waals surface area contributed by atoms with Crippen LogP contribution >= 0.6 is 0 Å². The highest BCUT2D eigenvalue weighted by Gasteiger charge is 2.21. The molecule has 4 nitrogen and oxygen atoms in total. The summed E-state index contributed by atoms with van der Waals surface area (Å²) in [7, 11) is 0. The minimum atomic E-state index is -0.232. The van der Waals surface area contributed by atoms with E-state index < -0.39 is 0 Å². The second kappa shape index (κ2) is 7.74. The Balaban J connectivity index is 2.17. The third-order valence-corrected chi connectivity index (χ3v) is 4.28. The molecule has 0 atom stereocenters. The van der Waals surface area contributed by atoms with Gasteiger partial charge in [-0.15, -0.1) is 0 Å². The molecule has 106 valence electrons. The number of carbonyl (C=O) groups excluding carboxylic acids is 1. The molecule has 0 aromatic heterocycles. The van der Waals surface area contributed by atoms with Gasteiger partial charge < -0.3 is 16.4 Å². The van der Waals surface area contributed by atoms with Gasteiger partial charge >= 0.3 is 0 Å². The minimum Gasteiger partial charge on any atom is -0.354 e. The number of rotatable bonds is 7. The molecule has 1 heterocycles. The quantitative estimate of drug-likeness (QED) is 0.644. The molecule has 1 rings (SSSR count). The van der Waals surface area contributed by atoms with Gasteiger partial charge in [-0.1, -0.05) is 13.8 Å². The van der Waals surface area contributed by atoms with Crippen LogP contribution in [0.2, 0.25) is 0 Å². The van der Waals surface area contributed by atoms with Crippen molar-refractivity contribution < 1.29 is 4.79 Å². The summed E-state index contributed by atoms with van der Waals surface area (Å²) in [4.78, 5) is 11.8. The van der Waals surface area contributed by atoms with Crippen LogP contribution in [-0.2, 0) is 4.79 Å². The molecule has 0 saturated carbocycles. The predicted molar refractivity (Wildman–Crippen MR) is 75.3 cm³/mol. The number of hydrogen-bond acceptors (Lipinski definition) is 3. The van der Waals surface area contributed by atoms with E-state index in [0.29, 0.717) is 13.0 Å². The Morgan fingerprint density at radius 3 is 2.50 bits per heavy atom. The van der Waals surface area contributed by atoms with Crippen molar-refractivity contribution in [3.63, 3.8) is 0 Å². The topological polar surface area (TPSA) is 67.1 Å². The van der Waals surface area contributed by atoms with Crippen molar-refractivity contribution in [2.75, 3.05) is 19.6 Å². The molecular weight excluding hydrogens is 226 g/mol. The molecule has 0 bridgehead atoms. The maximum absolute atomic E-state index is 11.8. The maximum atomic E-state index is 11.8. The summed E-state index contributed by atoms with van der Waals surface area (Å²) >= 11 is 0. The van der Waals surface area contributed by atoms with Crippen LogP contribution in [-0.4, -0.2) is 31.1 Å². The number of carbonyl (C=O) groups is 1. The molecular formula is C14H29N3O. The molecule has 0 unspecified atom stereocenters. The molecule has 0 aromatic rings. The predicted octanol–water partition coefficient (Wildman–Crippen LogP) is 1.40. The molecule has 0 aliphatic carbocycles. The van der Waals surface area contributed by atoms with Crippen LogP contribution in [0.5, 0.6) is 0 Å². The molecule has 4 N–H and O–H groups in total. The van der Waals surface area contributed by atoms with Gasteiger partial charge in [0, 0.05) is 18.5 Å². The maximum Gasteiger partial charge on any atom is 0.220 e. The van der Waals surface area contributed by atoms with E-state index in [1.807, 2.05) is 0 Å². The highest BCUT2D eigenvalue weighted by molar-refractivity contribution is 5.75. The average Bonchev–Trinajstić information content (AvgIpc) is 2.43. The summed E-state index contributed by atoms with van der Waals surface area (Å²) in [5.74, 6) is 0.877. The van der Waals surface area contributed by atoms with Crippen LogP contribution < -0.4 is 16.4 Å². The van der Waals surface area contributed by atoms with Crippen LogP contribution in [0.15, 0.2) is 0 Å². The summed E-state index contributed by atoms with van der Waals surface area (Å²) in [6, 6.07) is 0. The summed E-state index contributed by atoms with van der Waals surface area (Å²) in [5, 5.41) is 6.33. The monoisotopic (exact) mass is 255 g/mol. The molecule has 1 aliphatic heterocycles. The van der Waals surface area contributed by atoms with E-state index in [-0.39, 0.29) is 11.4 Å². The molecule has 0 radical (unpaired) electrons. The van der Waals surface area contributed by atoms with Gasteiger partial charge in [0.25, 0.3) is 0 Å². The molecule has 1 amide bonds. The number of nitrogens with one attached hydrogen (secondary N) is 2. The molecule has 1 aliphatic rings. The van der Waals surface area contributed by atoms with Gasteiger partial charge in [0.05, 0.1) is 0 Å². The Bertz CT molecular complexity index is 245. The molecule has 0 aromatic carbocycles. The van der Waals surface area contributed by atoms with Gasteiger partial charge in [0.15, 0.2) is 0 Å². The lowest BCUT2D eigenvalue weighted by molar-refractivity contribution is -0.121. The zero-order valence-electron chi connectivity index (χ0n) is 11.9. The third kappa shape index (κ3) is 5.36. The minimum absolute atomic E-state index is 0.158. The number of nitrogens with two attached hydrogens (primary N) is 1. The summed E-state index contributed by atoms with van der Waals surface area (Å²) in [6.07, 6.45) is 5.88. The summed E-state index contributed by atoms with van der Waals surface area (Å²) in [5.41, 5.74) is 5.93. The first-order valence-electron chi connectivity index (χ1n) is 7.36. The smallest absolute Gasteiger partial charge is 0.220 e. The van der Waals surface area contributed by atoms with Gasteiger partial charge in [-0.3, -0.25) is 4.79 Å². The van der Waals surface area contributed by atoms with Crippen LogP contribution in [0.3, 0.4) is 0 Å². The van der Waals surface area contributed by atoms with Crippen molar-refractivity contribution in [2.45, 2.75) is 57.9 Å². The third-order valence-electron chi connectivity index (χ3n) is 4.28. The van der Waals surface area contributed by atoms with E-state index in [9.17, 15) is 4.79 Å². The van der Waals surface area contributed by atoms with Gasteiger partial charge in [0.2, 0.25) is 5.91 Å². The number of piperidine rings is 1. The Morgan fingerprint density at radius 2 is 1.94 bits per heavy atom. The Hall–Kier alpha value is -0.610. The summed E-state index contributed by atoms with van der Waals surface area (Å²) < 4.78 is 0. The van der Waals surface area contributed by atoms with E-state index in [0.717, 1.165) is 38.3 Å². The fourth-order valence-corrected chi connectivity index (χ4v) is 2.37. The number of amides is 1. The fraction of sp³-hybridized carbons (Fsp3) is 0.929. The van der Waals surface area contributed by atoms with Crippen molar-refractivity contribution in [1.29, 1.82) is 0 Å². The molecule has 0 spiro atoms. The van der Waals surface area contributed by atoms with E-state index >= 15 is 0 Å². The van der Waals surface area contributed by atoms with Crippen molar-refractivity contribution in [3.8, 4) is 0 Å². The zero-order valence-corrected chi connectivity index (χ0v) is 11.9. The fourth-order valence-electron chi connectivity index (χ4n) is 2.37. The standard InChI is InChI=1S/C14H29N3O/c1-3-14(15,4-2)11-17-13(18)6-5-12-7-9-16-10-8-12/h12,16H,3-11,15H2,1-2H3,(H,17,18). The normalized spacial score (nSPS) is 17.7. The largest absolute Gasteiger partial charge is 0.354 e. The van der Waals surface area contributed by atoms with Crippen LogP contribution in [0.25, 0.3) is 0 Å². The van der Waals surface area contributed by atoms with Crippen LogP contribution in [0.4, 0.5) is 0 Å². The lowest BCUT2D eigenvalue weighted by atomic mass is 9.92. The first kappa shape index (κ1) is 15.4. The zero-order chi connectivity index (χ0) is 13.4. The van der Waals surface area contributed by atoms with Crippen molar-refractivity contribution in [3.05, 3.63) is 0 Å². The Labute approximate surface area is 111 Å². The second-order valence-corrected chi connectivity index (χ2v) is 5.58. The van der Waals surface area contributed by atoms with Crippen LogP contribution in [0.1, 0.15) is 52.4 Å². The number of hydrogen-bond donors (Lipinski definition) is 3. The van der Waals surface area contributed by atoms with Gasteiger partial charge in [-0.25, -0.2) is 0 Å². The van der Waals surface area contributed by atoms with E-state index in [4.69, 9.17) is 5.73 Å². The molecule has 4 heteroatoms. The first-order chi connectivity index (χ1) is 8.59. The lowest BCUT2D eigenvalue weighted by Crippen LogP contribution is -2.49. The van der Waals surface area contributed by atoms with E-state index in [1.165, 1.54) is 12.8 Å². The van der Waals surface area contributed by atoms with Gasteiger partial charge in [0.1, 0.15) is 0 Å². The molecule has 18 heavy (non-hydrogen) atoms. The van der Waals surface area contributed by atoms with E-state index in [1.54, 1.807) is 0 Å². The van der Waals surface area contributed by atoms with Crippen molar-refractivity contribution in [1.82, 2.24) is 10.6 Å². The Kier molecular flexibility index (Phi) is 6.65. The van der Waals surface area contributed by atoms with Crippen molar-refractivity contribution >= 4 is 5.91 Å². The van der Waals surface area contributed by atoms with Gasteiger partial charge in [-0.05, 0) is 51.1 Å². The van der Waals surface area contributed by atoms with Crippen molar-refractivity contribution in [2.24, 2.45) is 11.7 Å². The second-order valence-electron chi connectivity index (χ2n) is 5.58. The first-order valence-corrected chi connectivity index (χ1v) is 7.36. The SMILES string of the molecule is CCC(N)(CC)CNC(=O)CCC1CCNCC1. The highest BCUT2D eigenvalue weighted by atomic mass is 16.1. The molecule has 1 fully saturated rings. The molecule has 1 saturated heterocycles. The lowest BCUT2D eigenvalue weighted by Gasteiger charge is -2.27. The average molecular weight is 255 g/mol. The highest BCUT2D eigenvalue weighted by Crippen LogP contribution is 2.17.